The number of hydrogen-bond acceptors (Lipinski definition) is 5. The summed E-state index contributed by atoms with van der Waals surface area (Å²) in [4.78, 5) is 29.3. The molecule has 4 aromatic rings. The summed E-state index contributed by atoms with van der Waals surface area (Å²) in [6.07, 6.45) is 6.26. The van der Waals surface area contributed by atoms with Gasteiger partial charge in [0.15, 0.2) is 0 Å². The minimum atomic E-state index is -0.532. The first-order chi connectivity index (χ1) is 15.5. The van der Waals surface area contributed by atoms with Crippen LogP contribution in [0, 0.1) is 5.82 Å². The molecular formula is C24H19FN4O3. The van der Waals surface area contributed by atoms with E-state index < -0.39 is 11.5 Å². The van der Waals surface area contributed by atoms with E-state index in [0.717, 1.165) is 18.4 Å². The molecule has 0 radical (unpaired) electrons. The van der Waals surface area contributed by atoms with Crippen LogP contribution in [0.4, 0.5) is 4.39 Å². The van der Waals surface area contributed by atoms with Gasteiger partial charge in [-0.3, -0.25) is 9.78 Å². The first-order valence-electron chi connectivity index (χ1n) is 10.1. The van der Waals surface area contributed by atoms with Gasteiger partial charge in [0.1, 0.15) is 5.82 Å². The maximum Gasteiger partial charge on any atom is 0.337 e. The van der Waals surface area contributed by atoms with Crippen molar-refractivity contribution in [3.63, 3.8) is 0 Å². The fourth-order valence-corrected chi connectivity index (χ4v) is 3.87. The number of aromatic nitrogens is 3. The standard InChI is InChI=1S/C24H19FN4O3/c1-32-23(31)15-3-2-4-16(11-15)24(9-10-24)28-22(30)20-12-26-14-21-19(20)13-27-29(21)18-7-5-17(25)6-8-18/h2-8,11-14H,9-10H2,1H3,(H,28,30). The Kier molecular flexibility index (Phi) is 4.70. The summed E-state index contributed by atoms with van der Waals surface area (Å²) < 4.78 is 19.7. The van der Waals surface area contributed by atoms with Crippen LogP contribution >= 0.6 is 0 Å². The van der Waals surface area contributed by atoms with Crippen molar-refractivity contribution in [1.82, 2.24) is 20.1 Å². The van der Waals surface area contributed by atoms with E-state index in [1.54, 1.807) is 47.4 Å². The lowest BCUT2D eigenvalue weighted by molar-refractivity contribution is 0.0600. The molecule has 1 aliphatic rings. The third-order valence-electron chi connectivity index (χ3n) is 5.75. The summed E-state index contributed by atoms with van der Waals surface area (Å²) in [6.45, 7) is 0. The molecule has 1 amide bonds. The average Bonchev–Trinajstić information content (AvgIpc) is 3.48. The van der Waals surface area contributed by atoms with Gasteiger partial charge >= 0.3 is 5.97 Å². The third kappa shape index (κ3) is 3.39. The molecule has 1 saturated carbocycles. The van der Waals surface area contributed by atoms with Crippen LogP contribution in [0.1, 0.15) is 39.1 Å². The largest absolute Gasteiger partial charge is 0.465 e. The van der Waals surface area contributed by atoms with Gasteiger partial charge < -0.3 is 10.1 Å². The third-order valence-corrected chi connectivity index (χ3v) is 5.75. The molecule has 2 aromatic carbocycles. The zero-order chi connectivity index (χ0) is 22.3. The number of carbonyl (C=O) groups excluding carboxylic acids is 2. The molecule has 1 N–H and O–H groups in total. The van der Waals surface area contributed by atoms with E-state index in [0.29, 0.717) is 27.7 Å². The summed E-state index contributed by atoms with van der Waals surface area (Å²) in [6, 6.07) is 13.0. The first kappa shape index (κ1) is 19.9. The molecule has 2 aromatic heterocycles. The van der Waals surface area contributed by atoms with E-state index >= 15 is 0 Å². The van der Waals surface area contributed by atoms with Gasteiger partial charge in [0, 0.05) is 11.6 Å². The topological polar surface area (TPSA) is 86.1 Å². The number of nitrogens with zero attached hydrogens (tertiary/aromatic N) is 3. The van der Waals surface area contributed by atoms with Crippen LogP contribution < -0.4 is 5.32 Å². The number of rotatable bonds is 5. The summed E-state index contributed by atoms with van der Waals surface area (Å²) in [5.41, 5.74) is 2.47. The number of carbonyl (C=O) groups is 2. The lowest BCUT2D eigenvalue weighted by Gasteiger charge is -2.19. The number of esters is 1. The number of ether oxygens (including phenoxy) is 1. The summed E-state index contributed by atoms with van der Waals surface area (Å²) in [7, 11) is 1.34. The number of fused-ring (bicyclic) bond motifs is 1. The van der Waals surface area contributed by atoms with E-state index in [-0.39, 0.29) is 11.7 Å². The molecule has 0 aliphatic heterocycles. The number of hydrogen-bond donors (Lipinski definition) is 1. The van der Waals surface area contributed by atoms with Crippen LogP contribution in [0.3, 0.4) is 0 Å². The van der Waals surface area contributed by atoms with Gasteiger partial charge in [-0.25, -0.2) is 13.9 Å². The smallest absolute Gasteiger partial charge is 0.337 e. The SMILES string of the molecule is COC(=O)c1cccc(C2(NC(=O)c3cncc4c3cnn4-c3ccc(F)cc3)CC2)c1. The van der Waals surface area contributed by atoms with Crippen LogP contribution in [0.25, 0.3) is 16.6 Å². The zero-order valence-corrected chi connectivity index (χ0v) is 17.2. The molecule has 2 heterocycles. The Balaban J connectivity index is 1.46. The predicted molar refractivity (Wildman–Crippen MR) is 115 cm³/mol. The van der Waals surface area contributed by atoms with Crippen LogP contribution in [0.2, 0.25) is 0 Å². The Morgan fingerprint density at radius 1 is 1.09 bits per heavy atom. The van der Waals surface area contributed by atoms with Crippen LogP contribution in [0.15, 0.2) is 67.1 Å². The number of nitrogens with one attached hydrogen (secondary N) is 1. The fourth-order valence-electron chi connectivity index (χ4n) is 3.87. The van der Waals surface area contributed by atoms with Crippen LogP contribution in [0.5, 0.6) is 0 Å². The predicted octanol–water partition coefficient (Wildman–Crippen LogP) is 3.77. The Morgan fingerprint density at radius 2 is 1.88 bits per heavy atom. The zero-order valence-electron chi connectivity index (χ0n) is 17.2. The van der Waals surface area contributed by atoms with Gasteiger partial charge in [-0.05, 0) is 54.8 Å². The van der Waals surface area contributed by atoms with E-state index in [2.05, 4.69) is 15.4 Å². The molecule has 0 bridgehead atoms. The molecule has 5 rings (SSSR count). The molecule has 1 aliphatic carbocycles. The molecule has 160 valence electrons. The number of halogens is 1. The van der Waals surface area contributed by atoms with E-state index in [1.165, 1.54) is 25.4 Å². The van der Waals surface area contributed by atoms with Crippen molar-refractivity contribution in [1.29, 1.82) is 0 Å². The second-order valence-electron chi connectivity index (χ2n) is 7.76. The lowest BCUT2D eigenvalue weighted by atomic mass is 10.0. The fraction of sp³-hybridized carbons (Fsp3) is 0.167. The molecule has 0 saturated heterocycles. The lowest BCUT2D eigenvalue weighted by Crippen LogP contribution is -2.35. The molecule has 7 nitrogen and oxygen atoms in total. The highest BCUT2D eigenvalue weighted by Gasteiger charge is 2.46. The van der Waals surface area contributed by atoms with Crippen molar-refractivity contribution in [3.05, 3.63) is 89.6 Å². The van der Waals surface area contributed by atoms with Crippen molar-refractivity contribution < 1.29 is 18.7 Å². The monoisotopic (exact) mass is 430 g/mol. The van der Waals surface area contributed by atoms with Gasteiger partial charge in [0.05, 0.1) is 47.4 Å². The highest BCUT2D eigenvalue weighted by molar-refractivity contribution is 6.06. The molecule has 32 heavy (non-hydrogen) atoms. The molecule has 0 atom stereocenters. The van der Waals surface area contributed by atoms with Gasteiger partial charge in [-0.15, -0.1) is 0 Å². The van der Waals surface area contributed by atoms with Gasteiger partial charge in [0.25, 0.3) is 5.91 Å². The summed E-state index contributed by atoms with van der Waals surface area (Å²) >= 11 is 0. The average molecular weight is 430 g/mol. The second-order valence-corrected chi connectivity index (χ2v) is 7.76. The summed E-state index contributed by atoms with van der Waals surface area (Å²) in [5, 5.41) is 8.13. The Morgan fingerprint density at radius 3 is 2.59 bits per heavy atom. The van der Waals surface area contributed by atoms with Gasteiger partial charge in [-0.2, -0.15) is 5.10 Å². The summed E-state index contributed by atoms with van der Waals surface area (Å²) in [5.74, 6) is -1.03. The normalized spacial score (nSPS) is 14.2. The second kappa shape index (κ2) is 7.56. The quantitative estimate of drug-likeness (QED) is 0.487. The number of benzene rings is 2. The van der Waals surface area contributed by atoms with E-state index in [9.17, 15) is 14.0 Å². The van der Waals surface area contributed by atoms with Gasteiger partial charge in [0.2, 0.25) is 0 Å². The Labute approximate surface area is 182 Å². The van der Waals surface area contributed by atoms with E-state index in [1.807, 2.05) is 6.07 Å². The number of methoxy groups -OCH3 is 1. The molecule has 1 fully saturated rings. The Bertz CT molecular complexity index is 1340. The number of pyridine rings is 1. The first-order valence-corrected chi connectivity index (χ1v) is 10.1. The van der Waals surface area contributed by atoms with Crippen molar-refractivity contribution in [2.45, 2.75) is 18.4 Å². The minimum Gasteiger partial charge on any atom is -0.465 e. The highest BCUT2D eigenvalue weighted by Crippen LogP contribution is 2.46. The van der Waals surface area contributed by atoms with Crippen molar-refractivity contribution >= 4 is 22.8 Å². The molecule has 8 heteroatoms. The maximum atomic E-state index is 13.3. The Hall–Kier alpha value is -4.07. The van der Waals surface area contributed by atoms with Crippen molar-refractivity contribution in [3.8, 4) is 5.69 Å². The van der Waals surface area contributed by atoms with E-state index in [4.69, 9.17) is 4.74 Å². The molecular weight excluding hydrogens is 411 g/mol. The minimum absolute atomic E-state index is 0.275. The van der Waals surface area contributed by atoms with Gasteiger partial charge in [-0.1, -0.05) is 12.1 Å². The molecule has 0 unspecified atom stereocenters. The number of amides is 1. The molecule has 0 spiro atoms. The van der Waals surface area contributed by atoms with Crippen molar-refractivity contribution in [2.75, 3.05) is 7.11 Å². The van der Waals surface area contributed by atoms with Crippen molar-refractivity contribution in [2.24, 2.45) is 0 Å². The highest BCUT2D eigenvalue weighted by atomic mass is 19.1. The van der Waals surface area contributed by atoms with Crippen LogP contribution in [-0.4, -0.2) is 33.8 Å². The maximum absolute atomic E-state index is 13.3. The van der Waals surface area contributed by atoms with Crippen LogP contribution in [-0.2, 0) is 10.3 Å².